The van der Waals surface area contributed by atoms with Crippen LogP contribution in [0.15, 0.2) is 55.0 Å². The van der Waals surface area contributed by atoms with Gasteiger partial charge in [-0.3, -0.25) is 0 Å². The van der Waals surface area contributed by atoms with Gasteiger partial charge in [0.15, 0.2) is 0 Å². The minimum Gasteiger partial charge on any atom is -0.353 e. The van der Waals surface area contributed by atoms with Crippen LogP contribution in [0.3, 0.4) is 0 Å². The summed E-state index contributed by atoms with van der Waals surface area (Å²) in [6.45, 7) is 10.0. The first-order valence-electron chi connectivity index (χ1n) is 13.4. The van der Waals surface area contributed by atoms with Gasteiger partial charge >= 0.3 is 0 Å². The molecule has 38 heavy (non-hydrogen) atoms. The third-order valence-corrected chi connectivity index (χ3v) is 7.69. The monoisotopic (exact) mass is 512 g/mol. The molecule has 0 spiro atoms. The number of halogens is 1. The third kappa shape index (κ3) is 4.68. The second kappa shape index (κ2) is 10.0. The van der Waals surface area contributed by atoms with Crippen LogP contribution in [0.5, 0.6) is 0 Å². The first kappa shape index (κ1) is 24.3. The second-order valence-electron chi connectivity index (χ2n) is 10.4. The Morgan fingerprint density at radius 1 is 0.921 bits per heavy atom. The van der Waals surface area contributed by atoms with Crippen LogP contribution >= 0.6 is 0 Å². The van der Waals surface area contributed by atoms with E-state index in [1.807, 2.05) is 18.5 Å². The van der Waals surface area contributed by atoms with Gasteiger partial charge in [-0.1, -0.05) is 0 Å². The molecule has 0 saturated carbocycles. The van der Waals surface area contributed by atoms with Crippen LogP contribution < -0.4 is 14.7 Å². The number of nitrogens with one attached hydrogen (secondary N) is 1. The minimum atomic E-state index is -0.248. The molecule has 2 atom stereocenters. The van der Waals surface area contributed by atoms with E-state index in [4.69, 9.17) is 15.0 Å². The summed E-state index contributed by atoms with van der Waals surface area (Å²) in [4.78, 5) is 29.3. The lowest BCUT2D eigenvalue weighted by atomic mass is 10.1. The molecule has 196 valence electrons. The van der Waals surface area contributed by atoms with Gasteiger partial charge in [0.25, 0.3) is 0 Å². The number of piperazine rings is 1. The molecule has 0 bridgehead atoms. The van der Waals surface area contributed by atoms with Gasteiger partial charge in [-0.15, -0.1) is 0 Å². The number of rotatable bonds is 5. The summed E-state index contributed by atoms with van der Waals surface area (Å²) in [5.41, 5.74) is 3.84. The Labute approximate surface area is 222 Å². The summed E-state index contributed by atoms with van der Waals surface area (Å²) in [5.74, 6) is 3.26. The van der Waals surface area contributed by atoms with Crippen LogP contribution in [-0.2, 0) is 0 Å². The molecule has 0 aliphatic carbocycles. The standard InChI is InChI=1S/C29H33FN8/c1-19-15-23(27-31-10-11-32-27)17-33-28(19)36-13-14-37(21(3)18-36)26-16-25(22-6-8-24(30)9-7-22)34-29(35-26)38-12-4-5-20(38)2/h6-11,15-17,20-21H,4-5,12-14,18H2,1-3H3,(H,31,32)/t20-,21-/m1/s1. The normalized spacial score (nSPS) is 19.8. The molecule has 2 aliphatic rings. The van der Waals surface area contributed by atoms with Crippen molar-refractivity contribution in [3.63, 3.8) is 0 Å². The Morgan fingerprint density at radius 2 is 1.76 bits per heavy atom. The third-order valence-electron chi connectivity index (χ3n) is 7.69. The zero-order valence-corrected chi connectivity index (χ0v) is 22.1. The number of H-pyrrole nitrogens is 1. The van der Waals surface area contributed by atoms with E-state index in [1.165, 1.54) is 12.1 Å². The molecule has 3 aromatic heterocycles. The number of nitrogens with zero attached hydrogens (tertiary/aromatic N) is 7. The highest BCUT2D eigenvalue weighted by molar-refractivity contribution is 5.66. The second-order valence-corrected chi connectivity index (χ2v) is 10.4. The lowest BCUT2D eigenvalue weighted by Gasteiger charge is -2.41. The summed E-state index contributed by atoms with van der Waals surface area (Å²) < 4.78 is 13.6. The summed E-state index contributed by atoms with van der Waals surface area (Å²) in [6.07, 6.45) is 7.75. The molecule has 0 unspecified atom stereocenters. The van der Waals surface area contributed by atoms with Crippen LogP contribution in [0, 0.1) is 12.7 Å². The van der Waals surface area contributed by atoms with Gasteiger partial charge in [0.1, 0.15) is 23.3 Å². The molecule has 2 saturated heterocycles. The summed E-state index contributed by atoms with van der Waals surface area (Å²) >= 11 is 0. The van der Waals surface area contributed by atoms with Gasteiger partial charge in [-0.05, 0) is 69.5 Å². The van der Waals surface area contributed by atoms with Gasteiger partial charge in [0.05, 0.1) is 5.69 Å². The molecule has 4 aromatic rings. The van der Waals surface area contributed by atoms with Gasteiger partial charge in [-0.25, -0.2) is 19.3 Å². The van der Waals surface area contributed by atoms with Crippen molar-refractivity contribution in [3.8, 4) is 22.6 Å². The highest BCUT2D eigenvalue weighted by atomic mass is 19.1. The van der Waals surface area contributed by atoms with Crippen LogP contribution in [0.4, 0.5) is 22.0 Å². The first-order chi connectivity index (χ1) is 18.5. The van der Waals surface area contributed by atoms with Crippen molar-refractivity contribution in [2.45, 2.75) is 45.7 Å². The fourth-order valence-corrected chi connectivity index (χ4v) is 5.64. The zero-order valence-electron chi connectivity index (χ0n) is 22.1. The average Bonchev–Trinajstić information content (AvgIpc) is 3.61. The van der Waals surface area contributed by atoms with Gasteiger partial charge < -0.3 is 19.7 Å². The predicted octanol–water partition coefficient (Wildman–Crippen LogP) is 5.08. The van der Waals surface area contributed by atoms with E-state index in [2.05, 4.69) is 51.5 Å². The molecule has 2 aliphatic heterocycles. The molecule has 8 nitrogen and oxygen atoms in total. The average molecular weight is 513 g/mol. The molecule has 1 N–H and O–H groups in total. The lowest BCUT2D eigenvalue weighted by molar-refractivity contribution is 0.541. The van der Waals surface area contributed by atoms with E-state index in [0.29, 0.717) is 6.04 Å². The molecule has 5 heterocycles. The van der Waals surface area contributed by atoms with Crippen LogP contribution in [0.25, 0.3) is 22.6 Å². The molecule has 0 amide bonds. The number of benzene rings is 1. The van der Waals surface area contributed by atoms with Crippen molar-refractivity contribution < 1.29 is 4.39 Å². The van der Waals surface area contributed by atoms with E-state index < -0.39 is 0 Å². The van der Waals surface area contributed by atoms with Crippen molar-refractivity contribution in [3.05, 3.63) is 66.4 Å². The SMILES string of the molecule is Cc1cc(-c2ncc[nH]2)cnc1N1CCN(c2cc(-c3ccc(F)cc3)nc(N3CCC[C@H]3C)n2)[C@H](C)C1. The molecular formula is C29H33FN8. The number of pyridine rings is 1. The van der Waals surface area contributed by atoms with E-state index in [9.17, 15) is 4.39 Å². The van der Waals surface area contributed by atoms with Crippen molar-refractivity contribution in [2.75, 3.05) is 40.9 Å². The highest BCUT2D eigenvalue weighted by Crippen LogP contribution is 2.31. The van der Waals surface area contributed by atoms with Gasteiger partial charge in [0.2, 0.25) is 5.95 Å². The van der Waals surface area contributed by atoms with E-state index in [-0.39, 0.29) is 11.9 Å². The van der Waals surface area contributed by atoms with Crippen molar-refractivity contribution in [1.29, 1.82) is 0 Å². The van der Waals surface area contributed by atoms with E-state index >= 15 is 0 Å². The fourth-order valence-electron chi connectivity index (χ4n) is 5.64. The lowest BCUT2D eigenvalue weighted by Crippen LogP contribution is -2.53. The number of anilines is 3. The van der Waals surface area contributed by atoms with Gasteiger partial charge in [-0.2, -0.15) is 4.98 Å². The molecular weight excluding hydrogens is 479 g/mol. The summed E-state index contributed by atoms with van der Waals surface area (Å²) in [6, 6.07) is 11.4. The van der Waals surface area contributed by atoms with Crippen molar-refractivity contribution >= 4 is 17.6 Å². The number of aromatic amines is 1. The molecule has 2 fully saturated rings. The van der Waals surface area contributed by atoms with E-state index in [0.717, 1.165) is 84.8 Å². The van der Waals surface area contributed by atoms with E-state index in [1.54, 1.807) is 18.3 Å². The highest BCUT2D eigenvalue weighted by Gasteiger charge is 2.29. The number of aryl methyl sites for hydroxylation is 1. The Kier molecular flexibility index (Phi) is 6.43. The first-order valence-corrected chi connectivity index (χ1v) is 13.4. The molecule has 9 heteroatoms. The topological polar surface area (TPSA) is 77.1 Å². The Balaban J connectivity index is 1.27. The smallest absolute Gasteiger partial charge is 0.228 e. The predicted molar refractivity (Wildman–Crippen MR) is 149 cm³/mol. The largest absolute Gasteiger partial charge is 0.353 e. The quantitative estimate of drug-likeness (QED) is 0.400. The van der Waals surface area contributed by atoms with Gasteiger partial charge in [0, 0.05) is 74.0 Å². The number of aromatic nitrogens is 5. The number of hydrogen-bond donors (Lipinski definition) is 1. The van der Waals surface area contributed by atoms with Crippen LogP contribution in [0.1, 0.15) is 32.3 Å². The number of imidazole rings is 1. The van der Waals surface area contributed by atoms with Crippen molar-refractivity contribution in [2.24, 2.45) is 0 Å². The number of hydrogen-bond acceptors (Lipinski definition) is 7. The summed E-state index contributed by atoms with van der Waals surface area (Å²) in [5, 5.41) is 0. The maximum absolute atomic E-state index is 13.6. The Bertz CT molecular complexity index is 1400. The zero-order chi connectivity index (χ0) is 26.2. The molecule has 6 rings (SSSR count). The Hall–Kier alpha value is -4.01. The maximum atomic E-state index is 13.6. The molecule has 1 aromatic carbocycles. The maximum Gasteiger partial charge on any atom is 0.228 e. The fraction of sp³-hybridized carbons (Fsp3) is 0.379. The Morgan fingerprint density at radius 3 is 2.45 bits per heavy atom. The summed E-state index contributed by atoms with van der Waals surface area (Å²) in [7, 11) is 0. The van der Waals surface area contributed by atoms with Crippen molar-refractivity contribution in [1.82, 2.24) is 24.9 Å². The molecule has 0 radical (unpaired) electrons. The van der Waals surface area contributed by atoms with Crippen LogP contribution in [0.2, 0.25) is 0 Å². The minimum absolute atomic E-state index is 0.217. The van der Waals surface area contributed by atoms with Crippen LogP contribution in [-0.4, -0.2) is 63.2 Å².